The number of hydrogen-bond donors (Lipinski definition) is 2. The third-order valence-corrected chi connectivity index (χ3v) is 2.62. The second-order valence-corrected chi connectivity index (χ2v) is 4.08. The molecule has 1 unspecified atom stereocenters. The van der Waals surface area contributed by atoms with Crippen LogP contribution in [0.25, 0.3) is 0 Å². The maximum Gasteiger partial charge on any atom is 0.243 e. The molecule has 0 aliphatic rings. The number of rotatable bonds is 7. The van der Waals surface area contributed by atoms with E-state index in [1.54, 1.807) is 18.3 Å². The topological polar surface area (TPSA) is 68.0 Å². The summed E-state index contributed by atoms with van der Waals surface area (Å²) in [6.45, 7) is 2.86. The van der Waals surface area contributed by atoms with E-state index in [2.05, 4.69) is 17.2 Å². The molecule has 0 fully saturated rings. The zero-order chi connectivity index (χ0) is 12.5. The Morgan fingerprint density at radius 3 is 2.88 bits per heavy atom. The lowest BCUT2D eigenvalue weighted by atomic mass is 10.1. The molecule has 0 aromatic carbocycles. The summed E-state index contributed by atoms with van der Waals surface area (Å²) in [5, 5.41) is 2.84. The number of hydrogen-bond acceptors (Lipinski definition) is 3. The minimum Gasteiger partial charge on any atom is -0.354 e. The average Bonchev–Trinajstić information content (AvgIpc) is 2.38. The highest BCUT2D eigenvalue weighted by molar-refractivity contribution is 5.82. The van der Waals surface area contributed by atoms with Gasteiger partial charge in [-0.15, -0.1) is 0 Å². The fraction of sp³-hybridized carbons (Fsp3) is 0.538. The van der Waals surface area contributed by atoms with Gasteiger partial charge in [-0.2, -0.15) is 0 Å². The van der Waals surface area contributed by atoms with E-state index in [4.69, 9.17) is 5.73 Å². The van der Waals surface area contributed by atoms with Gasteiger partial charge in [-0.1, -0.05) is 32.3 Å². The van der Waals surface area contributed by atoms with Crippen LogP contribution in [-0.4, -0.2) is 17.4 Å². The maximum atomic E-state index is 11.7. The van der Waals surface area contributed by atoms with Crippen molar-refractivity contribution in [3.63, 3.8) is 0 Å². The quantitative estimate of drug-likeness (QED) is 0.708. The molecule has 1 amide bonds. The Morgan fingerprint density at radius 1 is 1.41 bits per heavy atom. The van der Waals surface area contributed by atoms with Crippen LogP contribution >= 0.6 is 0 Å². The third kappa shape index (κ3) is 4.95. The van der Waals surface area contributed by atoms with Crippen LogP contribution in [0.4, 0.5) is 0 Å². The molecule has 0 spiro atoms. The first kappa shape index (κ1) is 13.6. The first-order valence-electron chi connectivity index (χ1n) is 6.20. The molecule has 1 heterocycles. The van der Waals surface area contributed by atoms with Crippen molar-refractivity contribution in [2.75, 3.05) is 6.54 Å². The van der Waals surface area contributed by atoms with E-state index < -0.39 is 6.04 Å². The Balaban J connectivity index is 2.28. The summed E-state index contributed by atoms with van der Waals surface area (Å²) in [7, 11) is 0. The highest BCUT2D eigenvalue weighted by Crippen LogP contribution is 2.05. The Morgan fingerprint density at radius 2 is 2.24 bits per heavy atom. The summed E-state index contributed by atoms with van der Waals surface area (Å²) in [5.41, 5.74) is 6.41. The van der Waals surface area contributed by atoms with Crippen molar-refractivity contribution < 1.29 is 4.79 Å². The Labute approximate surface area is 103 Å². The molecule has 0 saturated carbocycles. The third-order valence-electron chi connectivity index (χ3n) is 2.62. The Bertz CT molecular complexity index is 327. The van der Waals surface area contributed by atoms with Gasteiger partial charge in [0.2, 0.25) is 5.91 Å². The summed E-state index contributed by atoms with van der Waals surface area (Å²) < 4.78 is 0. The van der Waals surface area contributed by atoms with Gasteiger partial charge < -0.3 is 11.1 Å². The second-order valence-electron chi connectivity index (χ2n) is 4.08. The molecule has 17 heavy (non-hydrogen) atoms. The molecule has 0 saturated heterocycles. The van der Waals surface area contributed by atoms with Crippen LogP contribution in [0.1, 0.15) is 44.3 Å². The predicted molar refractivity (Wildman–Crippen MR) is 68.3 cm³/mol. The van der Waals surface area contributed by atoms with Crippen molar-refractivity contribution in [3.05, 3.63) is 30.1 Å². The number of unbranched alkanes of at least 4 members (excludes halogenated alkanes) is 3. The van der Waals surface area contributed by atoms with Crippen LogP contribution in [0, 0.1) is 0 Å². The number of nitrogens with two attached hydrogens (primary N) is 1. The summed E-state index contributed by atoms with van der Waals surface area (Å²) in [4.78, 5) is 15.8. The Kier molecular flexibility index (Phi) is 6.25. The standard InChI is InChI=1S/C13H21N3O/c1-2-3-4-6-10-16-13(17)12(14)11-8-5-7-9-15-11/h5,7-9,12H,2-4,6,10,14H2,1H3,(H,16,17). The van der Waals surface area contributed by atoms with Gasteiger partial charge in [0, 0.05) is 12.7 Å². The number of carbonyl (C=O) groups is 1. The van der Waals surface area contributed by atoms with Gasteiger partial charge >= 0.3 is 0 Å². The minimum atomic E-state index is -0.664. The molecule has 0 aliphatic heterocycles. The van der Waals surface area contributed by atoms with Crippen molar-refractivity contribution in [1.82, 2.24) is 10.3 Å². The van der Waals surface area contributed by atoms with Crippen LogP contribution in [-0.2, 0) is 4.79 Å². The van der Waals surface area contributed by atoms with Gasteiger partial charge in [-0.3, -0.25) is 9.78 Å². The molecule has 94 valence electrons. The van der Waals surface area contributed by atoms with Gasteiger partial charge in [0.1, 0.15) is 6.04 Å². The summed E-state index contributed by atoms with van der Waals surface area (Å²) in [5.74, 6) is -0.153. The summed E-state index contributed by atoms with van der Waals surface area (Å²) in [6.07, 6.45) is 6.21. The SMILES string of the molecule is CCCCCCNC(=O)C(N)c1ccccn1. The maximum absolute atomic E-state index is 11.7. The molecule has 1 rings (SSSR count). The monoisotopic (exact) mass is 235 g/mol. The van der Waals surface area contributed by atoms with Crippen molar-refractivity contribution in [3.8, 4) is 0 Å². The number of nitrogens with one attached hydrogen (secondary N) is 1. The van der Waals surface area contributed by atoms with Crippen LogP contribution in [0.3, 0.4) is 0 Å². The van der Waals surface area contributed by atoms with Crippen LogP contribution in [0.15, 0.2) is 24.4 Å². The van der Waals surface area contributed by atoms with E-state index in [1.807, 2.05) is 6.07 Å². The molecule has 0 radical (unpaired) electrons. The van der Waals surface area contributed by atoms with Gasteiger partial charge in [-0.05, 0) is 18.6 Å². The molecule has 1 aromatic heterocycles. The predicted octanol–water partition coefficient (Wildman–Crippen LogP) is 1.78. The van der Waals surface area contributed by atoms with Gasteiger partial charge in [-0.25, -0.2) is 0 Å². The molecule has 4 heteroatoms. The smallest absolute Gasteiger partial charge is 0.243 e. The van der Waals surface area contributed by atoms with E-state index in [9.17, 15) is 4.79 Å². The summed E-state index contributed by atoms with van der Waals surface area (Å²) in [6, 6.07) is 4.74. The van der Waals surface area contributed by atoms with Crippen molar-refractivity contribution >= 4 is 5.91 Å². The van der Waals surface area contributed by atoms with Crippen LogP contribution in [0.5, 0.6) is 0 Å². The second kappa shape index (κ2) is 7.79. The molecule has 0 bridgehead atoms. The normalized spacial score (nSPS) is 12.1. The zero-order valence-electron chi connectivity index (χ0n) is 10.4. The van der Waals surface area contributed by atoms with E-state index >= 15 is 0 Å². The lowest BCUT2D eigenvalue weighted by molar-refractivity contribution is -0.122. The number of aromatic nitrogens is 1. The fourth-order valence-corrected chi connectivity index (χ4v) is 1.57. The lowest BCUT2D eigenvalue weighted by Gasteiger charge is -2.11. The molecule has 1 aromatic rings. The fourth-order valence-electron chi connectivity index (χ4n) is 1.57. The highest BCUT2D eigenvalue weighted by Gasteiger charge is 2.15. The number of carbonyl (C=O) groups excluding carboxylic acids is 1. The molecule has 4 nitrogen and oxygen atoms in total. The van der Waals surface area contributed by atoms with Crippen molar-refractivity contribution in [1.29, 1.82) is 0 Å². The van der Waals surface area contributed by atoms with Crippen LogP contribution in [0.2, 0.25) is 0 Å². The number of amides is 1. The minimum absolute atomic E-state index is 0.153. The number of pyridine rings is 1. The zero-order valence-corrected chi connectivity index (χ0v) is 10.4. The number of nitrogens with zero attached hydrogens (tertiary/aromatic N) is 1. The highest BCUT2D eigenvalue weighted by atomic mass is 16.2. The van der Waals surface area contributed by atoms with Crippen molar-refractivity contribution in [2.45, 2.75) is 38.6 Å². The van der Waals surface area contributed by atoms with Gasteiger partial charge in [0.15, 0.2) is 0 Å². The van der Waals surface area contributed by atoms with Crippen molar-refractivity contribution in [2.24, 2.45) is 5.73 Å². The average molecular weight is 235 g/mol. The van der Waals surface area contributed by atoms with E-state index in [0.717, 1.165) is 12.8 Å². The largest absolute Gasteiger partial charge is 0.354 e. The first-order chi connectivity index (χ1) is 8.25. The molecule has 3 N–H and O–H groups in total. The Hall–Kier alpha value is -1.42. The first-order valence-corrected chi connectivity index (χ1v) is 6.20. The van der Waals surface area contributed by atoms with Gasteiger partial charge in [0.05, 0.1) is 5.69 Å². The lowest BCUT2D eigenvalue weighted by Crippen LogP contribution is -2.35. The van der Waals surface area contributed by atoms with E-state index in [1.165, 1.54) is 12.8 Å². The molecular formula is C13H21N3O. The summed E-state index contributed by atoms with van der Waals surface area (Å²) >= 11 is 0. The van der Waals surface area contributed by atoms with Gasteiger partial charge in [0.25, 0.3) is 0 Å². The molecule has 1 atom stereocenters. The van der Waals surface area contributed by atoms with E-state index in [-0.39, 0.29) is 5.91 Å². The van der Waals surface area contributed by atoms with Crippen LogP contribution < -0.4 is 11.1 Å². The van der Waals surface area contributed by atoms with E-state index in [0.29, 0.717) is 12.2 Å². The molecule has 0 aliphatic carbocycles. The molecular weight excluding hydrogens is 214 g/mol.